The molecule has 0 aromatic carbocycles. The van der Waals surface area contributed by atoms with Crippen LogP contribution in [0.15, 0.2) is 12.3 Å². The maximum atomic E-state index is 12.4. The fourth-order valence-electron chi connectivity index (χ4n) is 2.43. The molecule has 5 nitrogen and oxygen atoms in total. The Hall–Kier alpha value is -1.62. The highest BCUT2D eigenvalue weighted by Gasteiger charge is 2.20. The van der Waals surface area contributed by atoms with Crippen molar-refractivity contribution in [1.82, 2.24) is 19.4 Å². The van der Waals surface area contributed by atoms with Gasteiger partial charge in [-0.1, -0.05) is 0 Å². The molecular weight excluding hydrogens is 288 g/mol. The number of pyridine rings is 1. The number of aryl methyl sites for hydroxylation is 1. The molecule has 0 aliphatic heterocycles. The SMILES string of the molecule is CCN(CC)C(=O)Cn1c(C(C)Cl)nc2c(C)ccnc21. The van der Waals surface area contributed by atoms with E-state index in [1.807, 2.05) is 38.3 Å². The zero-order valence-electron chi connectivity index (χ0n) is 12.9. The Morgan fingerprint density at radius 3 is 2.67 bits per heavy atom. The van der Waals surface area contributed by atoms with Crippen LogP contribution in [0.25, 0.3) is 11.2 Å². The lowest BCUT2D eigenvalue weighted by atomic mass is 10.3. The minimum atomic E-state index is -0.275. The Morgan fingerprint density at radius 1 is 1.43 bits per heavy atom. The van der Waals surface area contributed by atoms with E-state index in [2.05, 4.69) is 9.97 Å². The molecule has 114 valence electrons. The fraction of sp³-hybridized carbons (Fsp3) is 0.533. The molecule has 2 aromatic heterocycles. The number of imidazole rings is 1. The van der Waals surface area contributed by atoms with Gasteiger partial charge in [-0.2, -0.15) is 0 Å². The number of nitrogens with zero attached hydrogens (tertiary/aromatic N) is 4. The van der Waals surface area contributed by atoms with Crippen LogP contribution in [0.2, 0.25) is 0 Å². The number of alkyl halides is 1. The van der Waals surface area contributed by atoms with Gasteiger partial charge in [-0.15, -0.1) is 11.6 Å². The molecular formula is C15H21ClN4O. The smallest absolute Gasteiger partial charge is 0.242 e. The molecule has 2 heterocycles. The van der Waals surface area contributed by atoms with E-state index in [0.717, 1.165) is 16.7 Å². The second-order valence-electron chi connectivity index (χ2n) is 5.04. The van der Waals surface area contributed by atoms with E-state index >= 15 is 0 Å². The number of amides is 1. The van der Waals surface area contributed by atoms with Crippen molar-refractivity contribution in [1.29, 1.82) is 0 Å². The minimum Gasteiger partial charge on any atom is -0.342 e. The summed E-state index contributed by atoms with van der Waals surface area (Å²) in [5, 5.41) is -0.275. The molecule has 0 N–H and O–H groups in total. The average molecular weight is 309 g/mol. The van der Waals surface area contributed by atoms with Gasteiger partial charge in [-0.3, -0.25) is 4.79 Å². The fourth-order valence-corrected chi connectivity index (χ4v) is 2.59. The molecule has 6 heteroatoms. The predicted octanol–water partition coefficient (Wildman–Crippen LogP) is 2.91. The number of fused-ring (bicyclic) bond motifs is 1. The number of carbonyl (C=O) groups is 1. The monoisotopic (exact) mass is 308 g/mol. The molecule has 0 radical (unpaired) electrons. The van der Waals surface area contributed by atoms with Gasteiger partial charge < -0.3 is 9.47 Å². The van der Waals surface area contributed by atoms with Gasteiger partial charge in [0.15, 0.2) is 5.65 Å². The molecule has 0 aliphatic rings. The standard InChI is InChI=1S/C15H21ClN4O/c1-5-19(6-2)12(21)9-20-14(11(4)16)18-13-10(3)7-8-17-15(13)20/h7-8,11H,5-6,9H2,1-4H3. The van der Waals surface area contributed by atoms with E-state index in [-0.39, 0.29) is 17.8 Å². The number of likely N-dealkylation sites (N-methyl/N-ethyl adjacent to an activating group) is 1. The van der Waals surface area contributed by atoms with Crippen molar-refractivity contribution < 1.29 is 4.79 Å². The summed E-state index contributed by atoms with van der Waals surface area (Å²) < 4.78 is 1.83. The highest BCUT2D eigenvalue weighted by atomic mass is 35.5. The van der Waals surface area contributed by atoms with E-state index in [1.54, 1.807) is 11.1 Å². The van der Waals surface area contributed by atoms with Gasteiger partial charge in [0.2, 0.25) is 5.91 Å². The maximum absolute atomic E-state index is 12.4. The quantitative estimate of drug-likeness (QED) is 0.798. The summed E-state index contributed by atoms with van der Waals surface area (Å²) in [6.07, 6.45) is 1.74. The van der Waals surface area contributed by atoms with Crippen molar-refractivity contribution in [3.8, 4) is 0 Å². The first-order chi connectivity index (χ1) is 9.99. The molecule has 0 saturated heterocycles. The highest BCUT2D eigenvalue weighted by molar-refractivity contribution is 6.20. The molecule has 1 unspecified atom stereocenters. The Labute approximate surface area is 129 Å². The van der Waals surface area contributed by atoms with Crippen molar-refractivity contribution in [3.63, 3.8) is 0 Å². The van der Waals surface area contributed by atoms with E-state index in [4.69, 9.17) is 11.6 Å². The number of hydrogen-bond acceptors (Lipinski definition) is 3. The Morgan fingerprint density at radius 2 is 2.10 bits per heavy atom. The molecule has 0 spiro atoms. The van der Waals surface area contributed by atoms with Crippen LogP contribution in [-0.2, 0) is 11.3 Å². The average Bonchev–Trinajstić information content (AvgIpc) is 2.81. The third-order valence-corrected chi connectivity index (χ3v) is 3.83. The molecule has 0 saturated carbocycles. The van der Waals surface area contributed by atoms with Crippen LogP contribution in [0, 0.1) is 6.92 Å². The molecule has 21 heavy (non-hydrogen) atoms. The van der Waals surface area contributed by atoms with Gasteiger partial charge in [-0.25, -0.2) is 9.97 Å². The largest absolute Gasteiger partial charge is 0.342 e. The normalized spacial score (nSPS) is 12.6. The van der Waals surface area contributed by atoms with Crippen LogP contribution in [0.4, 0.5) is 0 Å². The topological polar surface area (TPSA) is 51.0 Å². The van der Waals surface area contributed by atoms with Gasteiger partial charge in [0.1, 0.15) is 17.9 Å². The van der Waals surface area contributed by atoms with Gasteiger partial charge in [0.05, 0.1) is 5.38 Å². The first-order valence-electron chi connectivity index (χ1n) is 7.23. The predicted molar refractivity (Wildman–Crippen MR) is 84.5 cm³/mol. The number of hydrogen-bond donors (Lipinski definition) is 0. The number of carbonyl (C=O) groups excluding carboxylic acids is 1. The van der Waals surface area contributed by atoms with Crippen LogP contribution in [0.5, 0.6) is 0 Å². The van der Waals surface area contributed by atoms with Crippen LogP contribution in [0.1, 0.15) is 37.5 Å². The third kappa shape index (κ3) is 3.02. The summed E-state index contributed by atoms with van der Waals surface area (Å²) in [6, 6.07) is 1.91. The lowest BCUT2D eigenvalue weighted by Gasteiger charge is -2.20. The van der Waals surface area contributed by atoms with Crippen molar-refractivity contribution in [2.45, 2.75) is 39.6 Å². The van der Waals surface area contributed by atoms with E-state index < -0.39 is 0 Å². The van der Waals surface area contributed by atoms with Crippen LogP contribution in [-0.4, -0.2) is 38.4 Å². The number of halogens is 1. The van der Waals surface area contributed by atoms with Crippen LogP contribution < -0.4 is 0 Å². The molecule has 0 aliphatic carbocycles. The van der Waals surface area contributed by atoms with Crippen molar-refractivity contribution >= 4 is 28.7 Å². The van der Waals surface area contributed by atoms with Crippen molar-refractivity contribution in [2.24, 2.45) is 0 Å². The van der Waals surface area contributed by atoms with Gasteiger partial charge in [0.25, 0.3) is 0 Å². The van der Waals surface area contributed by atoms with Gasteiger partial charge in [-0.05, 0) is 39.3 Å². The number of aromatic nitrogens is 3. The molecule has 0 fully saturated rings. The zero-order chi connectivity index (χ0) is 15.6. The maximum Gasteiger partial charge on any atom is 0.242 e. The summed E-state index contributed by atoms with van der Waals surface area (Å²) in [5.74, 6) is 0.746. The summed E-state index contributed by atoms with van der Waals surface area (Å²) >= 11 is 6.23. The van der Waals surface area contributed by atoms with E-state index in [0.29, 0.717) is 18.9 Å². The highest BCUT2D eigenvalue weighted by Crippen LogP contribution is 2.25. The second kappa shape index (κ2) is 6.43. The Bertz CT molecular complexity index is 646. The zero-order valence-corrected chi connectivity index (χ0v) is 13.7. The van der Waals surface area contributed by atoms with Gasteiger partial charge in [0, 0.05) is 19.3 Å². The Kier molecular flexibility index (Phi) is 4.83. The number of rotatable bonds is 5. The molecule has 1 amide bonds. The van der Waals surface area contributed by atoms with Gasteiger partial charge >= 0.3 is 0 Å². The lowest BCUT2D eigenvalue weighted by molar-refractivity contribution is -0.131. The minimum absolute atomic E-state index is 0.0566. The third-order valence-electron chi connectivity index (χ3n) is 3.63. The first kappa shape index (κ1) is 15.8. The molecule has 0 bridgehead atoms. The summed E-state index contributed by atoms with van der Waals surface area (Å²) in [6.45, 7) is 9.40. The van der Waals surface area contributed by atoms with Crippen molar-refractivity contribution in [3.05, 3.63) is 23.7 Å². The molecule has 2 rings (SSSR count). The summed E-state index contributed by atoms with van der Waals surface area (Å²) in [5.41, 5.74) is 2.57. The van der Waals surface area contributed by atoms with Crippen molar-refractivity contribution in [2.75, 3.05) is 13.1 Å². The molecule has 1 atom stereocenters. The summed E-state index contributed by atoms with van der Waals surface area (Å²) in [4.78, 5) is 23.1. The Balaban J connectivity index is 2.49. The lowest BCUT2D eigenvalue weighted by Crippen LogP contribution is -2.33. The van der Waals surface area contributed by atoms with E-state index in [1.165, 1.54) is 0 Å². The van der Waals surface area contributed by atoms with E-state index in [9.17, 15) is 4.79 Å². The molecule has 2 aromatic rings. The first-order valence-corrected chi connectivity index (χ1v) is 7.66. The van der Waals surface area contributed by atoms with Crippen LogP contribution in [0.3, 0.4) is 0 Å². The van der Waals surface area contributed by atoms with Crippen LogP contribution >= 0.6 is 11.6 Å². The second-order valence-corrected chi connectivity index (χ2v) is 5.69. The summed E-state index contributed by atoms with van der Waals surface area (Å²) in [7, 11) is 0.